The van der Waals surface area contributed by atoms with E-state index >= 15 is 0 Å². The van der Waals surface area contributed by atoms with Crippen LogP contribution in [0.4, 0.5) is 8.78 Å². The molecule has 7 heteroatoms. The highest BCUT2D eigenvalue weighted by atomic mass is 35.5. The van der Waals surface area contributed by atoms with Crippen LogP contribution in [-0.2, 0) is 10.6 Å². The molecule has 0 unspecified atom stereocenters. The number of ether oxygens (including phenoxy) is 1. The maximum atomic E-state index is 12.5. The quantitative estimate of drug-likeness (QED) is 0.672. The Morgan fingerprint density at radius 2 is 2.29 bits per heavy atom. The lowest BCUT2D eigenvalue weighted by molar-refractivity contribution is 0.0514. The van der Waals surface area contributed by atoms with E-state index < -0.39 is 29.5 Å². The summed E-state index contributed by atoms with van der Waals surface area (Å²) >= 11 is 5.48. The van der Waals surface area contributed by atoms with Crippen LogP contribution >= 0.6 is 11.6 Å². The van der Waals surface area contributed by atoms with Crippen molar-refractivity contribution in [1.82, 2.24) is 4.98 Å². The Hall–Kier alpha value is -1.43. The zero-order valence-corrected chi connectivity index (χ0v) is 9.67. The van der Waals surface area contributed by atoms with Crippen molar-refractivity contribution in [3.63, 3.8) is 0 Å². The van der Waals surface area contributed by atoms with E-state index in [1.165, 1.54) is 0 Å². The first-order valence-electron chi connectivity index (χ1n) is 4.75. The Kier molecular flexibility index (Phi) is 4.62. The zero-order valence-electron chi connectivity index (χ0n) is 8.91. The molecule has 4 nitrogen and oxygen atoms in total. The first kappa shape index (κ1) is 13.6. The van der Waals surface area contributed by atoms with Crippen LogP contribution in [0.5, 0.6) is 5.75 Å². The van der Waals surface area contributed by atoms with Gasteiger partial charge >= 0.3 is 5.97 Å². The molecule has 0 aliphatic heterocycles. The van der Waals surface area contributed by atoms with E-state index in [4.69, 9.17) is 11.6 Å². The van der Waals surface area contributed by atoms with E-state index in [-0.39, 0.29) is 18.1 Å². The molecule has 1 aromatic heterocycles. The summed E-state index contributed by atoms with van der Waals surface area (Å²) in [4.78, 5) is 14.7. The molecule has 0 radical (unpaired) electrons. The van der Waals surface area contributed by atoms with Crippen LogP contribution in [0.1, 0.15) is 35.1 Å². The number of carbonyl (C=O) groups excluding carboxylic acids is 1. The molecular weight excluding hydrogens is 256 g/mol. The predicted molar refractivity (Wildman–Crippen MR) is 56.4 cm³/mol. The standard InChI is InChI=1S/C10H10ClF2NO3/c1-2-17-10(16)7-8(15)5(4-11)3-6(14-7)9(12)13/h3,9,15H,2,4H2,1H3. The SMILES string of the molecule is CCOC(=O)c1nc(C(F)F)cc(CCl)c1O. The molecule has 17 heavy (non-hydrogen) atoms. The fourth-order valence-electron chi connectivity index (χ4n) is 1.17. The number of pyridine rings is 1. The Labute approximate surface area is 101 Å². The van der Waals surface area contributed by atoms with E-state index in [1.54, 1.807) is 6.92 Å². The Balaban J connectivity index is 3.27. The number of hydrogen-bond acceptors (Lipinski definition) is 4. The summed E-state index contributed by atoms with van der Waals surface area (Å²) in [6.07, 6.45) is -2.86. The van der Waals surface area contributed by atoms with Crippen molar-refractivity contribution < 1.29 is 23.4 Å². The third kappa shape index (κ3) is 3.03. The molecule has 94 valence electrons. The maximum Gasteiger partial charge on any atom is 0.360 e. The molecule has 0 aromatic carbocycles. The summed E-state index contributed by atoms with van der Waals surface area (Å²) in [6.45, 7) is 1.60. The average molecular weight is 266 g/mol. The highest BCUT2D eigenvalue weighted by molar-refractivity contribution is 6.17. The van der Waals surface area contributed by atoms with E-state index in [2.05, 4.69) is 9.72 Å². The third-order valence-corrected chi connectivity index (χ3v) is 2.22. The number of rotatable bonds is 4. The Morgan fingerprint density at radius 1 is 1.65 bits per heavy atom. The van der Waals surface area contributed by atoms with Gasteiger partial charge in [0, 0.05) is 5.56 Å². The number of esters is 1. The van der Waals surface area contributed by atoms with Gasteiger partial charge in [-0.25, -0.2) is 18.6 Å². The highest BCUT2D eigenvalue weighted by Gasteiger charge is 2.22. The van der Waals surface area contributed by atoms with Gasteiger partial charge in [-0.15, -0.1) is 11.6 Å². The van der Waals surface area contributed by atoms with Crippen LogP contribution in [0, 0.1) is 0 Å². The molecule has 0 aliphatic rings. The molecule has 0 fully saturated rings. The smallest absolute Gasteiger partial charge is 0.360 e. The second kappa shape index (κ2) is 5.77. The number of alkyl halides is 3. The van der Waals surface area contributed by atoms with Crippen LogP contribution in [0.25, 0.3) is 0 Å². The second-order valence-corrected chi connectivity index (χ2v) is 3.33. The van der Waals surface area contributed by atoms with Crippen molar-refractivity contribution in [2.45, 2.75) is 19.2 Å². The number of aromatic hydroxyl groups is 1. The lowest BCUT2D eigenvalue weighted by atomic mass is 10.2. The molecule has 1 aromatic rings. The largest absolute Gasteiger partial charge is 0.505 e. The second-order valence-electron chi connectivity index (χ2n) is 3.06. The summed E-state index contributed by atoms with van der Waals surface area (Å²) in [5.74, 6) is -1.69. The van der Waals surface area contributed by atoms with Crippen molar-refractivity contribution in [3.05, 3.63) is 23.0 Å². The van der Waals surface area contributed by atoms with Gasteiger partial charge in [0.05, 0.1) is 12.5 Å². The number of nitrogens with zero attached hydrogens (tertiary/aromatic N) is 1. The van der Waals surface area contributed by atoms with E-state index in [0.29, 0.717) is 0 Å². The van der Waals surface area contributed by atoms with Crippen LogP contribution in [0.3, 0.4) is 0 Å². The first-order chi connectivity index (χ1) is 8.01. The van der Waals surface area contributed by atoms with E-state index in [9.17, 15) is 18.7 Å². The molecule has 0 aliphatic carbocycles. The fourth-order valence-corrected chi connectivity index (χ4v) is 1.37. The summed E-state index contributed by atoms with van der Waals surface area (Å²) in [5.41, 5.74) is -1.15. The predicted octanol–water partition coefficient (Wildman–Crippen LogP) is 2.64. The topological polar surface area (TPSA) is 59.4 Å². The molecule has 0 atom stereocenters. The van der Waals surface area contributed by atoms with Gasteiger partial charge in [-0.05, 0) is 13.0 Å². The minimum Gasteiger partial charge on any atom is -0.505 e. The zero-order chi connectivity index (χ0) is 13.0. The summed E-state index contributed by atoms with van der Waals surface area (Å²) in [5, 5.41) is 9.60. The number of halogens is 3. The van der Waals surface area contributed by atoms with Crippen molar-refractivity contribution in [2.75, 3.05) is 6.61 Å². The van der Waals surface area contributed by atoms with Gasteiger partial charge in [0.1, 0.15) is 5.69 Å². The minimum absolute atomic E-state index is 0.0139. The molecule has 0 spiro atoms. The van der Waals surface area contributed by atoms with Crippen molar-refractivity contribution in [3.8, 4) is 5.75 Å². The molecule has 1 N–H and O–H groups in total. The van der Waals surface area contributed by atoms with Gasteiger partial charge in [0.15, 0.2) is 11.4 Å². The van der Waals surface area contributed by atoms with Gasteiger partial charge in [-0.2, -0.15) is 0 Å². The van der Waals surface area contributed by atoms with Crippen molar-refractivity contribution >= 4 is 17.6 Å². The third-order valence-electron chi connectivity index (χ3n) is 1.93. The number of aromatic nitrogens is 1. The molecular formula is C10H10ClF2NO3. The molecule has 0 saturated carbocycles. The lowest BCUT2D eigenvalue weighted by Gasteiger charge is -2.09. The van der Waals surface area contributed by atoms with Gasteiger partial charge in [0.2, 0.25) is 0 Å². The van der Waals surface area contributed by atoms with Gasteiger partial charge in [-0.1, -0.05) is 0 Å². The van der Waals surface area contributed by atoms with Gasteiger partial charge in [0.25, 0.3) is 6.43 Å². The summed E-state index contributed by atoms with van der Waals surface area (Å²) < 4.78 is 29.6. The van der Waals surface area contributed by atoms with Crippen molar-refractivity contribution in [1.29, 1.82) is 0 Å². The number of hydrogen-bond donors (Lipinski definition) is 1. The van der Waals surface area contributed by atoms with Crippen LogP contribution in [0.2, 0.25) is 0 Å². The monoisotopic (exact) mass is 265 g/mol. The first-order valence-corrected chi connectivity index (χ1v) is 5.28. The summed E-state index contributed by atoms with van der Waals surface area (Å²) in [7, 11) is 0. The molecule has 0 saturated heterocycles. The van der Waals surface area contributed by atoms with Gasteiger partial charge in [-0.3, -0.25) is 0 Å². The molecule has 1 heterocycles. The van der Waals surface area contributed by atoms with Crippen LogP contribution < -0.4 is 0 Å². The van der Waals surface area contributed by atoms with Crippen LogP contribution in [0.15, 0.2) is 6.07 Å². The minimum atomic E-state index is -2.86. The average Bonchev–Trinajstić information content (AvgIpc) is 2.29. The highest BCUT2D eigenvalue weighted by Crippen LogP contribution is 2.28. The molecule has 0 amide bonds. The van der Waals surface area contributed by atoms with E-state index in [0.717, 1.165) is 6.07 Å². The van der Waals surface area contributed by atoms with Crippen LogP contribution in [-0.4, -0.2) is 22.7 Å². The van der Waals surface area contributed by atoms with E-state index in [1.807, 2.05) is 0 Å². The fraction of sp³-hybridized carbons (Fsp3) is 0.400. The number of carbonyl (C=O) groups is 1. The summed E-state index contributed by atoms with van der Waals surface area (Å²) in [6, 6.07) is 0.954. The Bertz CT molecular complexity index is 426. The molecule has 1 rings (SSSR count). The van der Waals surface area contributed by atoms with Crippen molar-refractivity contribution in [2.24, 2.45) is 0 Å². The Morgan fingerprint density at radius 3 is 2.76 bits per heavy atom. The lowest BCUT2D eigenvalue weighted by Crippen LogP contribution is -2.10. The molecule has 0 bridgehead atoms. The normalized spacial score (nSPS) is 10.6. The van der Waals surface area contributed by atoms with Gasteiger partial charge < -0.3 is 9.84 Å². The maximum absolute atomic E-state index is 12.5.